The standard InChI is InChI=1S/C16H21N3/c1-10(2)9-13-5-7-14(8-6-13)16-15(17)11(3)18-12(4)19-16/h5-8,10H,9,17H2,1-4H3. The average molecular weight is 255 g/mol. The number of benzene rings is 1. The molecule has 0 fully saturated rings. The number of nitrogens with two attached hydrogens (primary N) is 1. The molecule has 0 saturated carbocycles. The van der Waals surface area contributed by atoms with E-state index in [1.807, 2.05) is 13.8 Å². The molecule has 0 aliphatic heterocycles. The van der Waals surface area contributed by atoms with Crippen LogP contribution in [0, 0.1) is 19.8 Å². The fraction of sp³-hybridized carbons (Fsp3) is 0.375. The van der Waals surface area contributed by atoms with Crippen molar-refractivity contribution in [2.24, 2.45) is 5.92 Å². The Morgan fingerprint density at radius 1 is 1.05 bits per heavy atom. The minimum atomic E-state index is 0.666. The van der Waals surface area contributed by atoms with Gasteiger partial charge in [0.05, 0.1) is 17.1 Å². The molecule has 3 heteroatoms. The van der Waals surface area contributed by atoms with Crippen molar-refractivity contribution in [3.8, 4) is 11.3 Å². The molecule has 1 heterocycles. The predicted molar refractivity (Wildman–Crippen MR) is 79.9 cm³/mol. The molecule has 0 spiro atoms. The highest BCUT2D eigenvalue weighted by Gasteiger charge is 2.09. The van der Waals surface area contributed by atoms with Crippen molar-refractivity contribution in [1.29, 1.82) is 0 Å². The van der Waals surface area contributed by atoms with Gasteiger partial charge in [-0.3, -0.25) is 0 Å². The number of nitrogens with zero attached hydrogens (tertiary/aromatic N) is 2. The van der Waals surface area contributed by atoms with Gasteiger partial charge in [0.15, 0.2) is 0 Å². The molecule has 19 heavy (non-hydrogen) atoms. The zero-order chi connectivity index (χ0) is 14.0. The van der Waals surface area contributed by atoms with E-state index in [0.717, 1.165) is 29.2 Å². The van der Waals surface area contributed by atoms with Crippen molar-refractivity contribution >= 4 is 5.69 Å². The molecule has 0 atom stereocenters. The smallest absolute Gasteiger partial charge is 0.126 e. The van der Waals surface area contributed by atoms with Gasteiger partial charge in [-0.1, -0.05) is 38.1 Å². The van der Waals surface area contributed by atoms with Crippen LogP contribution in [-0.2, 0) is 6.42 Å². The van der Waals surface area contributed by atoms with E-state index in [9.17, 15) is 0 Å². The maximum absolute atomic E-state index is 6.08. The van der Waals surface area contributed by atoms with Crippen LogP contribution in [0.15, 0.2) is 24.3 Å². The van der Waals surface area contributed by atoms with Crippen LogP contribution < -0.4 is 5.73 Å². The lowest BCUT2D eigenvalue weighted by atomic mass is 10.0. The molecule has 0 aliphatic carbocycles. The van der Waals surface area contributed by atoms with Gasteiger partial charge in [0.25, 0.3) is 0 Å². The second-order valence-corrected chi connectivity index (χ2v) is 5.41. The average Bonchev–Trinajstić information content (AvgIpc) is 2.34. The normalized spacial score (nSPS) is 11.0. The first-order valence-corrected chi connectivity index (χ1v) is 6.67. The van der Waals surface area contributed by atoms with Crippen molar-refractivity contribution < 1.29 is 0 Å². The quantitative estimate of drug-likeness (QED) is 0.912. The molecule has 0 saturated heterocycles. The Labute approximate surface area is 114 Å². The summed E-state index contributed by atoms with van der Waals surface area (Å²) in [6.07, 6.45) is 1.09. The molecule has 0 unspecified atom stereocenters. The molecule has 0 aliphatic rings. The van der Waals surface area contributed by atoms with E-state index in [2.05, 4.69) is 48.1 Å². The van der Waals surface area contributed by atoms with Gasteiger partial charge >= 0.3 is 0 Å². The van der Waals surface area contributed by atoms with Crippen molar-refractivity contribution in [3.63, 3.8) is 0 Å². The van der Waals surface area contributed by atoms with E-state index in [4.69, 9.17) is 5.73 Å². The van der Waals surface area contributed by atoms with Gasteiger partial charge in [0.1, 0.15) is 5.82 Å². The van der Waals surface area contributed by atoms with Crippen molar-refractivity contribution in [1.82, 2.24) is 9.97 Å². The molecule has 2 aromatic rings. The lowest BCUT2D eigenvalue weighted by Gasteiger charge is -2.10. The lowest BCUT2D eigenvalue weighted by Crippen LogP contribution is -2.02. The van der Waals surface area contributed by atoms with Crippen LogP contribution >= 0.6 is 0 Å². The zero-order valence-corrected chi connectivity index (χ0v) is 12.1. The van der Waals surface area contributed by atoms with Crippen LogP contribution in [0.3, 0.4) is 0 Å². The van der Waals surface area contributed by atoms with Gasteiger partial charge in [-0.2, -0.15) is 0 Å². The molecule has 3 nitrogen and oxygen atoms in total. The summed E-state index contributed by atoms with van der Waals surface area (Å²) in [6.45, 7) is 8.26. The fourth-order valence-corrected chi connectivity index (χ4v) is 2.21. The van der Waals surface area contributed by atoms with E-state index in [-0.39, 0.29) is 0 Å². The number of hydrogen-bond acceptors (Lipinski definition) is 3. The van der Waals surface area contributed by atoms with Crippen molar-refractivity contribution in [2.45, 2.75) is 34.1 Å². The first kappa shape index (κ1) is 13.5. The molecule has 0 radical (unpaired) electrons. The van der Waals surface area contributed by atoms with E-state index < -0.39 is 0 Å². The number of rotatable bonds is 3. The Hall–Kier alpha value is -1.90. The molecule has 0 bridgehead atoms. The monoisotopic (exact) mass is 255 g/mol. The largest absolute Gasteiger partial charge is 0.395 e. The number of anilines is 1. The summed E-state index contributed by atoms with van der Waals surface area (Å²) in [6, 6.07) is 8.49. The Morgan fingerprint density at radius 2 is 1.68 bits per heavy atom. The Morgan fingerprint density at radius 3 is 2.26 bits per heavy atom. The topological polar surface area (TPSA) is 51.8 Å². The molecular formula is C16H21N3. The highest BCUT2D eigenvalue weighted by Crippen LogP contribution is 2.26. The number of aryl methyl sites for hydroxylation is 2. The molecule has 0 amide bonds. The van der Waals surface area contributed by atoms with Crippen molar-refractivity contribution in [2.75, 3.05) is 5.73 Å². The zero-order valence-electron chi connectivity index (χ0n) is 12.1. The van der Waals surface area contributed by atoms with Gasteiger partial charge in [-0.05, 0) is 31.7 Å². The van der Waals surface area contributed by atoms with E-state index in [1.54, 1.807) is 0 Å². The minimum absolute atomic E-state index is 0.666. The molecule has 100 valence electrons. The minimum Gasteiger partial charge on any atom is -0.395 e. The van der Waals surface area contributed by atoms with Crippen LogP contribution in [0.2, 0.25) is 0 Å². The van der Waals surface area contributed by atoms with E-state index >= 15 is 0 Å². The first-order valence-electron chi connectivity index (χ1n) is 6.67. The van der Waals surface area contributed by atoms with E-state index in [0.29, 0.717) is 11.6 Å². The lowest BCUT2D eigenvalue weighted by molar-refractivity contribution is 0.647. The van der Waals surface area contributed by atoms with Crippen LogP contribution in [0.1, 0.15) is 30.9 Å². The fourth-order valence-electron chi connectivity index (χ4n) is 2.21. The van der Waals surface area contributed by atoms with Crippen LogP contribution in [-0.4, -0.2) is 9.97 Å². The summed E-state index contributed by atoms with van der Waals surface area (Å²) in [5.74, 6) is 1.42. The Kier molecular flexibility index (Phi) is 3.84. The molecule has 1 aromatic carbocycles. The highest BCUT2D eigenvalue weighted by molar-refractivity contribution is 5.73. The Balaban J connectivity index is 2.37. The first-order chi connectivity index (χ1) is 8.97. The second-order valence-electron chi connectivity index (χ2n) is 5.41. The van der Waals surface area contributed by atoms with Gasteiger partial charge in [-0.25, -0.2) is 9.97 Å². The summed E-state index contributed by atoms with van der Waals surface area (Å²) in [5, 5.41) is 0. The number of hydrogen-bond donors (Lipinski definition) is 1. The molecule has 2 rings (SSSR count). The molecule has 2 N–H and O–H groups in total. The predicted octanol–water partition coefficient (Wildman–Crippen LogP) is 3.54. The third kappa shape index (κ3) is 3.11. The maximum atomic E-state index is 6.08. The van der Waals surface area contributed by atoms with Crippen LogP contribution in [0.4, 0.5) is 5.69 Å². The Bertz CT molecular complexity index is 571. The van der Waals surface area contributed by atoms with Gasteiger partial charge in [0.2, 0.25) is 0 Å². The van der Waals surface area contributed by atoms with Crippen LogP contribution in [0.5, 0.6) is 0 Å². The van der Waals surface area contributed by atoms with E-state index in [1.165, 1.54) is 5.56 Å². The summed E-state index contributed by atoms with van der Waals surface area (Å²) >= 11 is 0. The maximum Gasteiger partial charge on any atom is 0.126 e. The highest BCUT2D eigenvalue weighted by atomic mass is 14.9. The second kappa shape index (κ2) is 5.39. The van der Waals surface area contributed by atoms with Gasteiger partial charge in [-0.15, -0.1) is 0 Å². The third-order valence-electron chi connectivity index (χ3n) is 3.12. The summed E-state index contributed by atoms with van der Waals surface area (Å²) in [4.78, 5) is 8.74. The SMILES string of the molecule is Cc1nc(C)c(N)c(-c2ccc(CC(C)C)cc2)n1. The third-order valence-corrected chi connectivity index (χ3v) is 3.12. The van der Waals surface area contributed by atoms with Gasteiger partial charge in [0, 0.05) is 5.56 Å². The summed E-state index contributed by atoms with van der Waals surface area (Å²) < 4.78 is 0. The molecule has 1 aromatic heterocycles. The van der Waals surface area contributed by atoms with Crippen molar-refractivity contribution in [3.05, 3.63) is 41.3 Å². The van der Waals surface area contributed by atoms with Crippen LogP contribution in [0.25, 0.3) is 11.3 Å². The summed E-state index contributed by atoms with van der Waals surface area (Å²) in [5.41, 5.74) is 10.8. The molecular weight excluding hydrogens is 234 g/mol. The summed E-state index contributed by atoms with van der Waals surface area (Å²) in [7, 11) is 0. The van der Waals surface area contributed by atoms with Gasteiger partial charge < -0.3 is 5.73 Å². The number of nitrogen functional groups attached to an aromatic ring is 1. The number of aromatic nitrogens is 2.